The van der Waals surface area contributed by atoms with Crippen LogP contribution in [0.1, 0.15) is 26.6 Å². The first-order valence-corrected chi connectivity index (χ1v) is 7.77. The van der Waals surface area contributed by atoms with E-state index in [4.69, 9.17) is 0 Å². The summed E-state index contributed by atoms with van der Waals surface area (Å²) in [7, 11) is 0. The van der Waals surface area contributed by atoms with Gasteiger partial charge < -0.3 is 5.32 Å². The molecule has 0 aliphatic heterocycles. The molecule has 0 spiro atoms. The number of anilines is 1. The van der Waals surface area contributed by atoms with Crippen molar-refractivity contribution in [1.29, 1.82) is 0 Å². The molecule has 1 aromatic carbocycles. The van der Waals surface area contributed by atoms with Gasteiger partial charge in [-0.15, -0.1) is 10.2 Å². The van der Waals surface area contributed by atoms with Gasteiger partial charge in [0.2, 0.25) is 0 Å². The Labute approximate surface area is 143 Å². The molecule has 0 atom stereocenters. The molecular formula is C17H18F2N6. The number of hydrogen-bond acceptors (Lipinski definition) is 5. The van der Waals surface area contributed by atoms with Gasteiger partial charge in [0.25, 0.3) is 0 Å². The van der Waals surface area contributed by atoms with E-state index in [1.165, 1.54) is 30.6 Å². The van der Waals surface area contributed by atoms with E-state index in [0.717, 1.165) is 5.82 Å². The smallest absolute Gasteiger partial charge is 0.149 e. The Bertz CT molecular complexity index is 847. The van der Waals surface area contributed by atoms with E-state index >= 15 is 0 Å². The summed E-state index contributed by atoms with van der Waals surface area (Å²) in [5.41, 5.74) is -0.237. The van der Waals surface area contributed by atoms with E-state index in [-0.39, 0.29) is 16.8 Å². The number of aromatic nitrogens is 5. The molecule has 1 N–H and O–H groups in total. The van der Waals surface area contributed by atoms with Gasteiger partial charge in [0, 0.05) is 0 Å². The molecule has 0 saturated heterocycles. The monoisotopic (exact) mass is 344 g/mol. The van der Waals surface area contributed by atoms with Gasteiger partial charge in [-0.05, 0) is 45.0 Å². The van der Waals surface area contributed by atoms with Gasteiger partial charge in [0.1, 0.15) is 29.6 Å². The van der Waals surface area contributed by atoms with Crippen LogP contribution in [0, 0.1) is 11.6 Å². The summed E-state index contributed by atoms with van der Waals surface area (Å²) >= 11 is 0. The SMILES string of the molecule is CC(C)(C)n1ncnc1CNc1ccc(-c2c(F)cccc2F)nn1. The first kappa shape index (κ1) is 16.9. The molecule has 25 heavy (non-hydrogen) atoms. The molecule has 0 aliphatic rings. The third kappa shape index (κ3) is 3.62. The summed E-state index contributed by atoms with van der Waals surface area (Å²) in [6, 6.07) is 6.82. The molecule has 2 heterocycles. The third-order valence-electron chi connectivity index (χ3n) is 3.56. The molecule has 0 aliphatic carbocycles. The van der Waals surface area contributed by atoms with E-state index in [9.17, 15) is 8.78 Å². The highest BCUT2D eigenvalue weighted by Gasteiger charge is 2.18. The molecule has 130 valence electrons. The second-order valence-electron chi connectivity index (χ2n) is 6.51. The van der Waals surface area contributed by atoms with Crippen LogP contribution in [0.4, 0.5) is 14.6 Å². The minimum atomic E-state index is -0.673. The molecule has 0 amide bonds. The van der Waals surface area contributed by atoms with Gasteiger partial charge in [-0.25, -0.2) is 18.4 Å². The molecule has 0 unspecified atom stereocenters. The van der Waals surface area contributed by atoms with Crippen LogP contribution in [0.25, 0.3) is 11.3 Å². The van der Waals surface area contributed by atoms with Crippen LogP contribution < -0.4 is 5.32 Å². The fourth-order valence-corrected chi connectivity index (χ4v) is 2.42. The number of rotatable bonds is 4. The fraction of sp³-hybridized carbons (Fsp3) is 0.294. The lowest BCUT2D eigenvalue weighted by Gasteiger charge is -2.21. The average Bonchev–Trinajstić information content (AvgIpc) is 3.03. The molecule has 0 radical (unpaired) electrons. The maximum Gasteiger partial charge on any atom is 0.149 e. The summed E-state index contributed by atoms with van der Waals surface area (Å²) in [4.78, 5) is 4.23. The Balaban J connectivity index is 1.75. The summed E-state index contributed by atoms with van der Waals surface area (Å²) in [5, 5.41) is 15.2. The van der Waals surface area contributed by atoms with Gasteiger partial charge in [-0.1, -0.05) is 6.07 Å². The lowest BCUT2D eigenvalue weighted by Crippen LogP contribution is -2.26. The molecule has 3 rings (SSSR count). The molecule has 0 saturated carbocycles. The van der Waals surface area contributed by atoms with E-state index in [2.05, 4.69) is 25.6 Å². The van der Waals surface area contributed by atoms with Crippen LogP contribution in [0.15, 0.2) is 36.7 Å². The molecule has 8 heteroatoms. The van der Waals surface area contributed by atoms with Crippen LogP contribution >= 0.6 is 0 Å². The third-order valence-corrected chi connectivity index (χ3v) is 3.56. The zero-order valence-electron chi connectivity index (χ0n) is 14.2. The minimum Gasteiger partial charge on any atom is -0.361 e. The number of benzene rings is 1. The van der Waals surface area contributed by atoms with Gasteiger partial charge in [0.05, 0.1) is 23.3 Å². The summed E-state index contributed by atoms with van der Waals surface area (Å²) in [6.45, 7) is 6.49. The van der Waals surface area contributed by atoms with Gasteiger partial charge in [-0.2, -0.15) is 5.10 Å². The highest BCUT2D eigenvalue weighted by molar-refractivity contribution is 5.61. The van der Waals surface area contributed by atoms with Gasteiger partial charge in [0.15, 0.2) is 0 Å². The van der Waals surface area contributed by atoms with E-state index in [1.54, 1.807) is 6.07 Å². The van der Waals surface area contributed by atoms with Crippen molar-refractivity contribution in [3.63, 3.8) is 0 Å². The maximum atomic E-state index is 13.8. The highest BCUT2D eigenvalue weighted by Crippen LogP contribution is 2.24. The van der Waals surface area contributed by atoms with Crippen molar-refractivity contribution < 1.29 is 8.78 Å². The number of nitrogens with zero attached hydrogens (tertiary/aromatic N) is 5. The molecule has 2 aromatic heterocycles. The van der Waals surface area contributed by atoms with E-state index in [0.29, 0.717) is 12.4 Å². The Morgan fingerprint density at radius 3 is 2.36 bits per heavy atom. The van der Waals surface area contributed by atoms with Crippen LogP contribution in [0.5, 0.6) is 0 Å². The lowest BCUT2D eigenvalue weighted by atomic mass is 10.1. The normalized spacial score (nSPS) is 11.6. The Morgan fingerprint density at radius 2 is 1.76 bits per heavy atom. The van der Waals surface area contributed by atoms with E-state index < -0.39 is 11.6 Å². The predicted molar refractivity (Wildman–Crippen MR) is 89.7 cm³/mol. The minimum absolute atomic E-state index is 0.138. The Morgan fingerprint density at radius 1 is 1.04 bits per heavy atom. The van der Waals surface area contributed by atoms with Crippen LogP contribution in [-0.2, 0) is 12.1 Å². The first-order valence-electron chi connectivity index (χ1n) is 7.77. The highest BCUT2D eigenvalue weighted by atomic mass is 19.1. The van der Waals surface area contributed by atoms with Crippen molar-refractivity contribution in [2.45, 2.75) is 32.9 Å². The van der Waals surface area contributed by atoms with Crippen molar-refractivity contribution in [3.05, 3.63) is 54.1 Å². The molecule has 6 nitrogen and oxygen atoms in total. The summed E-state index contributed by atoms with van der Waals surface area (Å²) in [6.07, 6.45) is 1.50. The second-order valence-corrected chi connectivity index (χ2v) is 6.51. The predicted octanol–water partition coefficient (Wildman–Crippen LogP) is 3.38. The fourth-order valence-electron chi connectivity index (χ4n) is 2.42. The summed E-state index contributed by atoms with van der Waals surface area (Å²) in [5.74, 6) is -0.121. The van der Waals surface area contributed by atoms with Crippen molar-refractivity contribution >= 4 is 5.82 Å². The number of hydrogen-bond donors (Lipinski definition) is 1. The number of halogens is 2. The lowest BCUT2D eigenvalue weighted by molar-refractivity contribution is 0.343. The second kappa shape index (κ2) is 6.54. The van der Waals surface area contributed by atoms with E-state index in [1.807, 2.05) is 25.5 Å². The number of nitrogens with one attached hydrogen (secondary N) is 1. The average molecular weight is 344 g/mol. The van der Waals surface area contributed by atoms with Crippen LogP contribution in [-0.4, -0.2) is 25.0 Å². The largest absolute Gasteiger partial charge is 0.361 e. The van der Waals surface area contributed by atoms with Gasteiger partial charge >= 0.3 is 0 Å². The quantitative estimate of drug-likeness (QED) is 0.786. The van der Waals surface area contributed by atoms with Crippen molar-refractivity contribution in [1.82, 2.24) is 25.0 Å². The zero-order chi connectivity index (χ0) is 18.0. The van der Waals surface area contributed by atoms with Crippen molar-refractivity contribution in [2.24, 2.45) is 0 Å². The summed E-state index contributed by atoms with van der Waals surface area (Å²) < 4.78 is 29.4. The van der Waals surface area contributed by atoms with Crippen molar-refractivity contribution in [3.8, 4) is 11.3 Å². The van der Waals surface area contributed by atoms with Crippen LogP contribution in [0.2, 0.25) is 0 Å². The molecule has 0 fully saturated rings. The van der Waals surface area contributed by atoms with Crippen molar-refractivity contribution in [2.75, 3.05) is 5.32 Å². The maximum absolute atomic E-state index is 13.8. The zero-order valence-corrected chi connectivity index (χ0v) is 14.2. The Hall–Kier alpha value is -2.90. The molecular weight excluding hydrogens is 326 g/mol. The standard InChI is InChI=1S/C17H18F2N6/c1-17(2,3)25-15(21-10-22-25)9-20-14-8-7-13(23-24-14)16-11(18)5-4-6-12(16)19/h4-8,10H,9H2,1-3H3,(H,20,24). The van der Waals surface area contributed by atoms with Gasteiger partial charge in [-0.3, -0.25) is 0 Å². The first-order chi connectivity index (χ1) is 11.9. The molecule has 3 aromatic rings. The van der Waals surface area contributed by atoms with Crippen LogP contribution in [0.3, 0.4) is 0 Å². The topological polar surface area (TPSA) is 68.5 Å². The Kier molecular flexibility index (Phi) is 4.43. The molecule has 0 bridgehead atoms.